The van der Waals surface area contributed by atoms with E-state index < -0.39 is 5.97 Å². The number of hydrogen-bond acceptors (Lipinski definition) is 2. The molecule has 0 aliphatic heterocycles. The molecule has 0 fully saturated rings. The van der Waals surface area contributed by atoms with Crippen molar-refractivity contribution in [3.05, 3.63) is 21.3 Å². The predicted octanol–water partition coefficient (Wildman–Crippen LogP) is 2.10. The van der Waals surface area contributed by atoms with Gasteiger partial charge in [0.2, 0.25) is 0 Å². The number of halogens is 1. The number of carboxylic acid groups (broad SMARTS) is 1. The largest absolute Gasteiger partial charge is 0.478 e. The molecule has 0 radical (unpaired) electrons. The fourth-order valence-corrected chi connectivity index (χ4v) is 1.47. The van der Waals surface area contributed by atoms with Crippen LogP contribution in [0.25, 0.3) is 0 Å². The van der Waals surface area contributed by atoms with Crippen LogP contribution in [-0.2, 0) is 0 Å². The van der Waals surface area contributed by atoms with Crippen molar-refractivity contribution in [2.24, 2.45) is 0 Å². The molecule has 1 aromatic rings. The van der Waals surface area contributed by atoms with E-state index in [1.54, 1.807) is 5.38 Å². The number of carboxylic acids is 1. The Hall–Kier alpha value is -0.540. The molecular formula is C5H3ClO2S. The van der Waals surface area contributed by atoms with Crippen molar-refractivity contribution in [3.8, 4) is 0 Å². The molecule has 48 valence electrons. The van der Waals surface area contributed by atoms with Crippen molar-refractivity contribution >= 4 is 28.9 Å². The molecule has 0 saturated carbocycles. The lowest BCUT2D eigenvalue weighted by molar-refractivity contribution is 0.0697. The highest BCUT2D eigenvalue weighted by molar-refractivity contribution is 7.08. The van der Waals surface area contributed by atoms with Crippen LogP contribution >= 0.6 is 22.9 Å². The van der Waals surface area contributed by atoms with E-state index in [4.69, 9.17) is 16.7 Å². The van der Waals surface area contributed by atoms with Gasteiger partial charge in [-0.1, -0.05) is 11.6 Å². The number of rotatable bonds is 1. The summed E-state index contributed by atoms with van der Waals surface area (Å²) in [7, 11) is 0. The molecule has 9 heavy (non-hydrogen) atoms. The second-order valence-electron chi connectivity index (χ2n) is 1.44. The monoisotopic (exact) mass is 162 g/mol. The molecule has 0 saturated heterocycles. The maximum absolute atomic E-state index is 10.2. The maximum atomic E-state index is 10.2. The molecule has 0 aliphatic carbocycles. The zero-order valence-electron chi connectivity index (χ0n) is 4.30. The minimum atomic E-state index is -0.971. The molecule has 0 aromatic carbocycles. The highest BCUT2D eigenvalue weighted by Gasteiger charge is 2.07. The number of aromatic carboxylic acids is 1. The van der Waals surface area contributed by atoms with E-state index in [-0.39, 0.29) is 5.56 Å². The summed E-state index contributed by atoms with van der Waals surface area (Å²) >= 11 is 6.75. The van der Waals surface area contributed by atoms with Crippen molar-refractivity contribution in [2.75, 3.05) is 0 Å². The van der Waals surface area contributed by atoms with Crippen LogP contribution in [0.5, 0.6) is 0 Å². The molecule has 1 N–H and O–H groups in total. The van der Waals surface area contributed by atoms with Crippen LogP contribution in [0.3, 0.4) is 0 Å². The summed E-state index contributed by atoms with van der Waals surface area (Å²) in [6.45, 7) is 0. The van der Waals surface area contributed by atoms with Crippen molar-refractivity contribution in [2.45, 2.75) is 0 Å². The highest BCUT2D eigenvalue weighted by Crippen LogP contribution is 2.19. The van der Waals surface area contributed by atoms with Gasteiger partial charge in [0.25, 0.3) is 0 Å². The topological polar surface area (TPSA) is 37.3 Å². The Morgan fingerprint density at radius 3 is 2.56 bits per heavy atom. The molecule has 0 unspecified atom stereocenters. The van der Waals surface area contributed by atoms with Gasteiger partial charge in [0.1, 0.15) is 0 Å². The van der Waals surface area contributed by atoms with Gasteiger partial charge >= 0.3 is 5.97 Å². The molecule has 0 atom stereocenters. The van der Waals surface area contributed by atoms with Crippen molar-refractivity contribution in [1.82, 2.24) is 0 Å². The smallest absolute Gasteiger partial charge is 0.338 e. The van der Waals surface area contributed by atoms with Crippen molar-refractivity contribution in [3.63, 3.8) is 0 Å². The van der Waals surface area contributed by atoms with Crippen molar-refractivity contribution in [1.29, 1.82) is 0 Å². The highest BCUT2D eigenvalue weighted by atomic mass is 35.5. The van der Waals surface area contributed by atoms with E-state index in [2.05, 4.69) is 0 Å². The number of carbonyl (C=O) groups is 1. The normalized spacial score (nSPS) is 9.44. The average Bonchev–Trinajstić information content (AvgIpc) is 2.13. The van der Waals surface area contributed by atoms with Crippen LogP contribution in [0.2, 0.25) is 5.02 Å². The molecule has 0 aliphatic rings. The Morgan fingerprint density at radius 2 is 2.33 bits per heavy atom. The third-order valence-electron chi connectivity index (χ3n) is 0.845. The number of thiophene rings is 1. The molecule has 2 nitrogen and oxygen atoms in total. The van der Waals surface area contributed by atoms with Crippen LogP contribution in [0.4, 0.5) is 0 Å². The zero-order valence-corrected chi connectivity index (χ0v) is 5.87. The van der Waals surface area contributed by atoms with Gasteiger partial charge in [-0.05, 0) is 0 Å². The predicted molar refractivity (Wildman–Crippen MR) is 36.3 cm³/mol. The lowest BCUT2D eigenvalue weighted by Crippen LogP contribution is -1.92. The fraction of sp³-hybridized carbons (Fsp3) is 0. The molecule has 1 aromatic heterocycles. The third-order valence-corrected chi connectivity index (χ3v) is 2.03. The van der Waals surface area contributed by atoms with Crippen LogP contribution < -0.4 is 0 Å². The van der Waals surface area contributed by atoms with Crippen molar-refractivity contribution < 1.29 is 9.90 Å². The molecule has 0 bridgehead atoms. The van der Waals surface area contributed by atoms with Gasteiger partial charge in [0, 0.05) is 10.8 Å². The van der Waals surface area contributed by atoms with E-state index in [1.807, 2.05) is 0 Å². The Morgan fingerprint density at radius 1 is 1.67 bits per heavy atom. The van der Waals surface area contributed by atoms with E-state index in [9.17, 15) is 4.79 Å². The Balaban J connectivity index is 3.08. The first kappa shape index (κ1) is 6.58. The van der Waals surface area contributed by atoms with Crippen LogP contribution in [0.1, 0.15) is 10.4 Å². The number of hydrogen-bond donors (Lipinski definition) is 1. The van der Waals surface area contributed by atoms with Gasteiger partial charge in [-0.2, -0.15) is 0 Å². The minimum absolute atomic E-state index is 0.182. The summed E-state index contributed by atoms with van der Waals surface area (Å²) < 4.78 is 0. The quantitative estimate of drug-likeness (QED) is 0.687. The second-order valence-corrected chi connectivity index (χ2v) is 2.59. The lowest BCUT2D eigenvalue weighted by atomic mass is 10.3. The van der Waals surface area contributed by atoms with Crippen LogP contribution in [0.15, 0.2) is 10.8 Å². The van der Waals surface area contributed by atoms with Crippen LogP contribution in [0, 0.1) is 0 Å². The fourth-order valence-electron chi connectivity index (χ4n) is 0.434. The van der Waals surface area contributed by atoms with Crippen LogP contribution in [-0.4, -0.2) is 11.1 Å². The second kappa shape index (κ2) is 2.37. The Labute approximate surface area is 60.7 Å². The zero-order chi connectivity index (χ0) is 6.85. The van der Waals surface area contributed by atoms with E-state index in [0.717, 1.165) is 0 Å². The molecular weight excluding hydrogens is 160 g/mol. The van der Waals surface area contributed by atoms with Gasteiger partial charge in [0.05, 0.1) is 10.6 Å². The van der Waals surface area contributed by atoms with Gasteiger partial charge < -0.3 is 5.11 Å². The minimum Gasteiger partial charge on any atom is -0.478 e. The molecule has 0 amide bonds. The summed E-state index contributed by atoms with van der Waals surface area (Å²) in [6, 6.07) is 0. The van der Waals surface area contributed by atoms with E-state index in [1.165, 1.54) is 16.7 Å². The van der Waals surface area contributed by atoms with Gasteiger partial charge in [-0.15, -0.1) is 11.3 Å². The third kappa shape index (κ3) is 1.23. The summed E-state index contributed by atoms with van der Waals surface area (Å²) in [5.74, 6) is -0.971. The summed E-state index contributed by atoms with van der Waals surface area (Å²) in [6.07, 6.45) is 0. The maximum Gasteiger partial charge on any atom is 0.338 e. The first-order valence-corrected chi connectivity index (χ1v) is 3.49. The summed E-state index contributed by atoms with van der Waals surface area (Å²) in [4.78, 5) is 10.2. The molecule has 1 heterocycles. The lowest BCUT2D eigenvalue weighted by Gasteiger charge is -1.84. The van der Waals surface area contributed by atoms with E-state index in [0.29, 0.717) is 5.02 Å². The Kier molecular flexibility index (Phi) is 1.73. The first-order chi connectivity index (χ1) is 4.22. The Bertz CT molecular complexity index is 231. The van der Waals surface area contributed by atoms with Gasteiger partial charge in [-0.25, -0.2) is 4.79 Å². The first-order valence-electron chi connectivity index (χ1n) is 2.17. The molecule has 1 rings (SSSR count). The summed E-state index contributed by atoms with van der Waals surface area (Å²) in [5, 5.41) is 11.8. The van der Waals surface area contributed by atoms with Gasteiger partial charge in [-0.3, -0.25) is 0 Å². The van der Waals surface area contributed by atoms with Gasteiger partial charge in [0.15, 0.2) is 0 Å². The molecule has 4 heteroatoms. The summed E-state index contributed by atoms with van der Waals surface area (Å²) in [5.41, 5.74) is 0.182. The van der Waals surface area contributed by atoms with E-state index >= 15 is 0 Å². The standard InChI is InChI=1S/C5H3ClO2S/c6-4-2-9-1-3(4)5(7)8/h1-2H,(H,7,8). The molecule has 0 spiro atoms. The average molecular weight is 163 g/mol. The SMILES string of the molecule is O=C(O)c1cscc1Cl.